The number of morpholine rings is 1. The van der Waals surface area contributed by atoms with Crippen LogP contribution in [0.3, 0.4) is 0 Å². The minimum absolute atomic E-state index is 0.0469. The van der Waals surface area contributed by atoms with Gasteiger partial charge in [0, 0.05) is 18.3 Å². The molecule has 4 heteroatoms. The molecule has 1 saturated heterocycles. The maximum atomic E-state index is 9.33. The molecule has 2 rings (SSSR count). The van der Waals surface area contributed by atoms with Crippen LogP contribution in [0.1, 0.15) is 19.4 Å². The molecule has 1 aromatic heterocycles. The standard InChI is InChI=1S/C12H18N2O2/c1-12(2)9-16-6-5-14(12)11-7-13-4-3-10(11)8-15/h3-4,7,15H,5-6,8-9H2,1-2H3. The van der Waals surface area contributed by atoms with Gasteiger partial charge in [-0.05, 0) is 19.9 Å². The molecular weight excluding hydrogens is 204 g/mol. The smallest absolute Gasteiger partial charge is 0.0703 e. The lowest BCUT2D eigenvalue weighted by Gasteiger charge is -2.44. The van der Waals surface area contributed by atoms with Gasteiger partial charge in [0.1, 0.15) is 0 Å². The molecule has 0 aliphatic carbocycles. The first kappa shape index (κ1) is 11.4. The number of hydrogen-bond acceptors (Lipinski definition) is 4. The zero-order valence-electron chi connectivity index (χ0n) is 9.81. The van der Waals surface area contributed by atoms with Gasteiger partial charge in [-0.25, -0.2) is 0 Å². The van der Waals surface area contributed by atoms with Crippen molar-refractivity contribution in [3.05, 3.63) is 24.0 Å². The van der Waals surface area contributed by atoms with E-state index >= 15 is 0 Å². The van der Waals surface area contributed by atoms with E-state index in [0.29, 0.717) is 6.61 Å². The Kier molecular flexibility index (Phi) is 3.12. The molecule has 1 aromatic rings. The highest BCUT2D eigenvalue weighted by Crippen LogP contribution is 2.29. The summed E-state index contributed by atoms with van der Waals surface area (Å²) in [6.07, 6.45) is 3.53. The fraction of sp³-hybridized carbons (Fsp3) is 0.583. The molecule has 0 aromatic carbocycles. The molecule has 1 aliphatic heterocycles. The van der Waals surface area contributed by atoms with Gasteiger partial charge in [0.2, 0.25) is 0 Å². The third-order valence-electron chi connectivity index (χ3n) is 2.99. The van der Waals surface area contributed by atoms with Crippen LogP contribution in [0.2, 0.25) is 0 Å². The quantitative estimate of drug-likeness (QED) is 0.816. The van der Waals surface area contributed by atoms with E-state index in [1.165, 1.54) is 0 Å². The van der Waals surface area contributed by atoms with Crippen molar-refractivity contribution in [1.29, 1.82) is 0 Å². The van der Waals surface area contributed by atoms with Gasteiger partial charge in [-0.2, -0.15) is 0 Å². The largest absolute Gasteiger partial charge is 0.392 e. The summed E-state index contributed by atoms with van der Waals surface area (Å²) in [7, 11) is 0. The van der Waals surface area contributed by atoms with E-state index in [-0.39, 0.29) is 12.1 Å². The van der Waals surface area contributed by atoms with E-state index in [1.807, 2.05) is 12.3 Å². The van der Waals surface area contributed by atoms with Gasteiger partial charge in [0.15, 0.2) is 0 Å². The van der Waals surface area contributed by atoms with Crippen LogP contribution < -0.4 is 4.90 Å². The molecule has 0 spiro atoms. The highest BCUT2D eigenvalue weighted by molar-refractivity contribution is 5.53. The van der Waals surface area contributed by atoms with Gasteiger partial charge in [-0.1, -0.05) is 0 Å². The second kappa shape index (κ2) is 4.39. The summed E-state index contributed by atoms with van der Waals surface area (Å²) in [4.78, 5) is 6.40. The minimum atomic E-state index is -0.0504. The van der Waals surface area contributed by atoms with Crippen LogP contribution in [0, 0.1) is 0 Å². The molecule has 1 fully saturated rings. The summed E-state index contributed by atoms with van der Waals surface area (Å²) in [5, 5.41) is 9.33. The Labute approximate surface area is 95.9 Å². The van der Waals surface area contributed by atoms with Gasteiger partial charge in [-0.3, -0.25) is 4.98 Å². The second-order valence-corrected chi connectivity index (χ2v) is 4.68. The number of nitrogens with zero attached hydrogens (tertiary/aromatic N) is 2. The topological polar surface area (TPSA) is 45.6 Å². The Balaban J connectivity index is 2.34. The molecule has 1 aliphatic rings. The lowest BCUT2D eigenvalue weighted by atomic mass is 10.0. The first-order chi connectivity index (χ1) is 7.65. The van der Waals surface area contributed by atoms with Crippen molar-refractivity contribution in [3.8, 4) is 0 Å². The van der Waals surface area contributed by atoms with Crippen LogP contribution in [0.4, 0.5) is 5.69 Å². The number of aliphatic hydroxyl groups excluding tert-OH is 1. The third kappa shape index (κ3) is 2.03. The molecule has 0 atom stereocenters. The predicted molar refractivity (Wildman–Crippen MR) is 62.4 cm³/mol. The summed E-state index contributed by atoms with van der Waals surface area (Å²) in [5.41, 5.74) is 1.88. The van der Waals surface area contributed by atoms with Crippen molar-refractivity contribution in [2.45, 2.75) is 26.0 Å². The maximum Gasteiger partial charge on any atom is 0.0703 e. The predicted octanol–water partition coefficient (Wildman–Crippen LogP) is 1.19. The first-order valence-corrected chi connectivity index (χ1v) is 5.54. The lowest BCUT2D eigenvalue weighted by molar-refractivity contribution is 0.0641. The molecular formula is C12H18N2O2. The lowest BCUT2D eigenvalue weighted by Crippen LogP contribution is -2.53. The maximum absolute atomic E-state index is 9.33. The number of hydrogen-bond donors (Lipinski definition) is 1. The number of rotatable bonds is 2. The van der Waals surface area contributed by atoms with Gasteiger partial charge < -0.3 is 14.7 Å². The van der Waals surface area contributed by atoms with Crippen LogP contribution in [-0.4, -0.2) is 35.4 Å². The van der Waals surface area contributed by atoms with E-state index in [9.17, 15) is 5.11 Å². The average Bonchev–Trinajstić information content (AvgIpc) is 2.28. The fourth-order valence-electron chi connectivity index (χ4n) is 2.10. The second-order valence-electron chi connectivity index (χ2n) is 4.68. The Morgan fingerprint density at radius 3 is 3.06 bits per heavy atom. The van der Waals surface area contributed by atoms with Crippen LogP contribution >= 0.6 is 0 Å². The number of aromatic nitrogens is 1. The van der Waals surface area contributed by atoms with Gasteiger partial charge in [0.25, 0.3) is 0 Å². The fourth-order valence-corrected chi connectivity index (χ4v) is 2.10. The van der Waals surface area contributed by atoms with Gasteiger partial charge in [-0.15, -0.1) is 0 Å². The number of pyridine rings is 1. The Morgan fingerprint density at radius 2 is 2.38 bits per heavy atom. The molecule has 88 valence electrons. The number of anilines is 1. The Hall–Kier alpha value is -1.13. The van der Waals surface area contributed by atoms with E-state index < -0.39 is 0 Å². The Morgan fingerprint density at radius 1 is 1.56 bits per heavy atom. The van der Waals surface area contributed by atoms with E-state index in [4.69, 9.17) is 4.74 Å². The SMILES string of the molecule is CC1(C)COCCN1c1cnccc1CO. The number of ether oxygens (including phenoxy) is 1. The molecule has 2 heterocycles. The monoisotopic (exact) mass is 222 g/mol. The zero-order valence-corrected chi connectivity index (χ0v) is 9.81. The molecule has 1 N–H and O–H groups in total. The van der Waals surface area contributed by atoms with Crippen molar-refractivity contribution in [2.24, 2.45) is 0 Å². The van der Waals surface area contributed by atoms with Crippen molar-refractivity contribution >= 4 is 5.69 Å². The summed E-state index contributed by atoms with van der Waals surface area (Å²) >= 11 is 0. The molecule has 0 bridgehead atoms. The Bertz CT molecular complexity index is 366. The van der Waals surface area contributed by atoms with Gasteiger partial charge in [0.05, 0.1) is 37.2 Å². The summed E-state index contributed by atoms with van der Waals surface area (Å²) in [5.74, 6) is 0. The summed E-state index contributed by atoms with van der Waals surface area (Å²) in [6.45, 7) is 6.59. The van der Waals surface area contributed by atoms with Crippen molar-refractivity contribution < 1.29 is 9.84 Å². The molecule has 4 nitrogen and oxygen atoms in total. The van der Waals surface area contributed by atoms with Crippen LogP contribution in [0.5, 0.6) is 0 Å². The van der Waals surface area contributed by atoms with Gasteiger partial charge >= 0.3 is 0 Å². The van der Waals surface area contributed by atoms with E-state index in [2.05, 4.69) is 23.7 Å². The molecule has 0 saturated carbocycles. The zero-order chi connectivity index (χ0) is 11.6. The number of aliphatic hydroxyl groups is 1. The van der Waals surface area contributed by atoms with Crippen LogP contribution in [-0.2, 0) is 11.3 Å². The van der Waals surface area contributed by atoms with Crippen LogP contribution in [0.25, 0.3) is 0 Å². The van der Waals surface area contributed by atoms with Crippen molar-refractivity contribution in [1.82, 2.24) is 4.98 Å². The molecule has 16 heavy (non-hydrogen) atoms. The normalized spacial score (nSPS) is 19.8. The van der Waals surface area contributed by atoms with Crippen LogP contribution in [0.15, 0.2) is 18.5 Å². The highest BCUT2D eigenvalue weighted by Gasteiger charge is 2.31. The van der Waals surface area contributed by atoms with E-state index in [0.717, 1.165) is 24.4 Å². The van der Waals surface area contributed by atoms with Crippen molar-refractivity contribution in [2.75, 3.05) is 24.7 Å². The third-order valence-corrected chi connectivity index (χ3v) is 2.99. The molecule has 0 radical (unpaired) electrons. The average molecular weight is 222 g/mol. The minimum Gasteiger partial charge on any atom is -0.392 e. The molecule has 0 amide bonds. The molecule has 0 unspecified atom stereocenters. The highest BCUT2D eigenvalue weighted by atomic mass is 16.5. The van der Waals surface area contributed by atoms with E-state index in [1.54, 1.807) is 6.20 Å². The summed E-state index contributed by atoms with van der Waals surface area (Å²) < 4.78 is 5.49. The van der Waals surface area contributed by atoms with Crippen molar-refractivity contribution in [3.63, 3.8) is 0 Å². The summed E-state index contributed by atoms with van der Waals surface area (Å²) in [6, 6.07) is 1.86. The first-order valence-electron chi connectivity index (χ1n) is 5.54.